The van der Waals surface area contributed by atoms with Crippen molar-refractivity contribution in [2.75, 3.05) is 13.2 Å². The highest BCUT2D eigenvalue weighted by molar-refractivity contribution is 5.78. The highest BCUT2D eigenvalue weighted by Crippen LogP contribution is 2.11. The standard InChI is InChI=1S/C13H18FNO2/c1-13(2,9-16)8-15-12(17)7-10-4-3-5-11(14)6-10/h3-6,16H,7-9H2,1-2H3,(H,15,17). The molecule has 3 nitrogen and oxygen atoms in total. The molecular formula is C13H18FNO2. The summed E-state index contributed by atoms with van der Waals surface area (Å²) in [7, 11) is 0. The van der Waals surface area contributed by atoms with Crippen molar-refractivity contribution in [3.05, 3.63) is 35.6 Å². The van der Waals surface area contributed by atoms with Gasteiger partial charge in [-0.25, -0.2) is 4.39 Å². The maximum Gasteiger partial charge on any atom is 0.224 e. The number of nitrogens with one attached hydrogen (secondary N) is 1. The lowest BCUT2D eigenvalue weighted by molar-refractivity contribution is -0.121. The lowest BCUT2D eigenvalue weighted by Crippen LogP contribution is -2.36. The van der Waals surface area contributed by atoms with Gasteiger partial charge >= 0.3 is 0 Å². The Balaban J connectivity index is 2.45. The number of carbonyl (C=O) groups excluding carboxylic acids is 1. The molecule has 4 heteroatoms. The number of amides is 1. The molecule has 0 aliphatic rings. The Hall–Kier alpha value is -1.42. The fourth-order valence-electron chi connectivity index (χ4n) is 1.29. The van der Waals surface area contributed by atoms with Crippen molar-refractivity contribution in [2.45, 2.75) is 20.3 Å². The van der Waals surface area contributed by atoms with Gasteiger partial charge in [0.05, 0.1) is 6.42 Å². The van der Waals surface area contributed by atoms with Crippen LogP contribution >= 0.6 is 0 Å². The van der Waals surface area contributed by atoms with E-state index in [1.807, 2.05) is 13.8 Å². The van der Waals surface area contributed by atoms with Crippen LogP contribution in [-0.4, -0.2) is 24.2 Å². The molecule has 0 heterocycles. The van der Waals surface area contributed by atoms with Gasteiger partial charge in [0, 0.05) is 18.6 Å². The van der Waals surface area contributed by atoms with Gasteiger partial charge in [-0.15, -0.1) is 0 Å². The molecule has 0 aliphatic carbocycles. The number of aliphatic hydroxyl groups is 1. The van der Waals surface area contributed by atoms with Gasteiger partial charge in [0.2, 0.25) is 5.91 Å². The lowest BCUT2D eigenvalue weighted by atomic mass is 9.95. The Morgan fingerprint density at radius 3 is 2.76 bits per heavy atom. The Morgan fingerprint density at radius 2 is 2.18 bits per heavy atom. The first-order chi connectivity index (χ1) is 7.93. The summed E-state index contributed by atoms with van der Waals surface area (Å²) in [6.07, 6.45) is 0.152. The summed E-state index contributed by atoms with van der Waals surface area (Å²) in [4.78, 5) is 11.6. The molecule has 0 radical (unpaired) electrons. The third kappa shape index (κ3) is 4.95. The molecule has 0 atom stereocenters. The second-order valence-corrected chi connectivity index (χ2v) is 4.91. The van der Waals surface area contributed by atoms with Gasteiger partial charge in [-0.3, -0.25) is 4.79 Å². The maximum absolute atomic E-state index is 12.9. The van der Waals surface area contributed by atoms with Crippen molar-refractivity contribution in [1.82, 2.24) is 5.32 Å². The number of aliphatic hydroxyl groups excluding tert-OH is 1. The molecule has 1 aromatic carbocycles. The van der Waals surface area contributed by atoms with E-state index in [-0.39, 0.29) is 30.2 Å². The average Bonchev–Trinajstić information content (AvgIpc) is 2.27. The SMILES string of the molecule is CC(C)(CO)CNC(=O)Cc1cccc(F)c1. The number of rotatable bonds is 5. The van der Waals surface area contributed by atoms with E-state index in [0.29, 0.717) is 12.1 Å². The van der Waals surface area contributed by atoms with Crippen LogP contribution in [0, 0.1) is 11.2 Å². The van der Waals surface area contributed by atoms with E-state index in [9.17, 15) is 9.18 Å². The third-order valence-corrected chi connectivity index (χ3v) is 2.45. The van der Waals surface area contributed by atoms with E-state index >= 15 is 0 Å². The van der Waals surface area contributed by atoms with E-state index in [0.717, 1.165) is 0 Å². The lowest BCUT2D eigenvalue weighted by Gasteiger charge is -2.21. The van der Waals surface area contributed by atoms with Crippen molar-refractivity contribution in [3.63, 3.8) is 0 Å². The maximum atomic E-state index is 12.9. The fourth-order valence-corrected chi connectivity index (χ4v) is 1.29. The summed E-state index contributed by atoms with van der Waals surface area (Å²) in [5.41, 5.74) is 0.307. The van der Waals surface area contributed by atoms with E-state index in [1.165, 1.54) is 12.1 Å². The number of carbonyl (C=O) groups is 1. The molecule has 0 aliphatic heterocycles. The van der Waals surface area contributed by atoms with Gasteiger partial charge in [0.15, 0.2) is 0 Å². The van der Waals surface area contributed by atoms with E-state index in [4.69, 9.17) is 5.11 Å². The molecule has 2 N–H and O–H groups in total. The van der Waals surface area contributed by atoms with Crippen LogP contribution in [0.4, 0.5) is 4.39 Å². The van der Waals surface area contributed by atoms with E-state index in [2.05, 4.69) is 5.32 Å². The number of hydrogen-bond acceptors (Lipinski definition) is 2. The van der Waals surface area contributed by atoms with Crippen LogP contribution in [0.2, 0.25) is 0 Å². The molecule has 0 saturated carbocycles. The first-order valence-electron chi connectivity index (χ1n) is 5.55. The van der Waals surface area contributed by atoms with Crippen LogP contribution in [0.25, 0.3) is 0 Å². The van der Waals surface area contributed by atoms with Crippen LogP contribution in [0.1, 0.15) is 19.4 Å². The average molecular weight is 239 g/mol. The summed E-state index contributed by atoms with van der Waals surface area (Å²) < 4.78 is 12.9. The quantitative estimate of drug-likeness (QED) is 0.818. The predicted octanol–water partition coefficient (Wildman–Crippen LogP) is 1.50. The highest BCUT2D eigenvalue weighted by Gasteiger charge is 2.17. The van der Waals surface area contributed by atoms with E-state index in [1.54, 1.807) is 12.1 Å². The second kappa shape index (κ2) is 5.77. The molecule has 0 fully saturated rings. The summed E-state index contributed by atoms with van der Waals surface area (Å²) in [5.74, 6) is -0.511. The molecule has 1 aromatic rings. The highest BCUT2D eigenvalue weighted by atomic mass is 19.1. The Labute approximate surface area is 101 Å². The number of hydrogen-bond donors (Lipinski definition) is 2. The van der Waals surface area contributed by atoms with Crippen molar-refractivity contribution >= 4 is 5.91 Å². The normalized spacial score (nSPS) is 11.3. The molecule has 0 spiro atoms. The minimum absolute atomic E-state index is 0.00719. The zero-order chi connectivity index (χ0) is 12.9. The van der Waals surface area contributed by atoms with Gasteiger partial charge in [-0.05, 0) is 17.7 Å². The summed E-state index contributed by atoms with van der Waals surface area (Å²) in [5, 5.41) is 11.8. The number of benzene rings is 1. The Morgan fingerprint density at radius 1 is 1.47 bits per heavy atom. The van der Waals surface area contributed by atoms with Crippen LogP contribution < -0.4 is 5.32 Å². The van der Waals surface area contributed by atoms with Crippen LogP contribution in [-0.2, 0) is 11.2 Å². The summed E-state index contributed by atoms with van der Waals surface area (Å²) >= 11 is 0. The smallest absolute Gasteiger partial charge is 0.224 e. The van der Waals surface area contributed by atoms with Crippen molar-refractivity contribution < 1.29 is 14.3 Å². The fraction of sp³-hybridized carbons (Fsp3) is 0.462. The molecular weight excluding hydrogens is 221 g/mol. The van der Waals surface area contributed by atoms with Crippen molar-refractivity contribution in [2.24, 2.45) is 5.41 Å². The van der Waals surface area contributed by atoms with Crippen LogP contribution in [0.5, 0.6) is 0 Å². The predicted molar refractivity (Wildman–Crippen MR) is 64.0 cm³/mol. The molecule has 0 saturated heterocycles. The topological polar surface area (TPSA) is 49.3 Å². The zero-order valence-corrected chi connectivity index (χ0v) is 10.2. The van der Waals surface area contributed by atoms with Crippen LogP contribution in [0.15, 0.2) is 24.3 Å². The van der Waals surface area contributed by atoms with Crippen LogP contribution in [0.3, 0.4) is 0 Å². The minimum Gasteiger partial charge on any atom is -0.396 e. The molecule has 0 aromatic heterocycles. The van der Waals surface area contributed by atoms with Gasteiger partial charge < -0.3 is 10.4 Å². The number of halogens is 1. The third-order valence-electron chi connectivity index (χ3n) is 2.45. The Bertz CT molecular complexity index is 391. The molecule has 1 amide bonds. The second-order valence-electron chi connectivity index (χ2n) is 4.91. The molecule has 17 heavy (non-hydrogen) atoms. The van der Waals surface area contributed by atoms with Crippen molar-refractivity contribution in [3.8, 4) is 0 Å². The van der Waals surface area contributed by atoms with E-state index < -0.39 is 0 Å². The molecule has 1 rings (SSSR count). The Kier molecular flexibility index (Phi) is 4.63. The van der Waals surface area contributed by atoms with Crippen molar-refractivity contribution in [1.29, 1.82) is 0 Å². The van der Waals surface area contributed by atoms with Gasteiger partial charge in [0.1, 0.15) is 5.82 Å². The van der Waals surface area contributed by atoms with Gasteiger partial charge in [-0.2, -0.15) is 0 Å². The minimum atomic E-state index is -0.342. The molecule has 94 valence electrons. The summed E-state index contributed by atoms with van der Waals surface area (Å²) in [6.45, 7) is 4.12. The summed E-state index contributed by atoms with van der Waals surface area (Å²) in [6, 6.07) is 5.97. The van der Waals surface area contributed by atoms with Gasteiger partial charge in [-0.1, -0.05) is 26.0 Å². The first-order valence-corrected chi connectivity index (χ1v) is 5.55. The molecule has 0 bridgehead atoms. The molecule has 0 unspecified atom stereocenters. The zero-order valence-electron chi connectivity index (χ0n) is 10.2. The van der Waals surface area contributed by atoms with Gasteiger partial charge in [0.25, 0.3) is 0 Å². The largest absolute Gasteiger partial charge is 0.396 e. The monoisotopic (exact) mass is 239 g/mol. The first kappa shape index (κ1) is 13.6.